The largest absolute Gasteiger partial charge is 0.353 e. The Balaban J connectivity index is 1.59. The molecule has 1 unspecified atom stereocenters. The van der Waals surface area contributed by atoms with Crippen molar-refractivity contribution in [2.75, 3.05) is 13.2 Å². The van der Waals surface area contributed by atoms with E-state index in [1.807, 2.05) is 0 Å². The van der Waals surface area contributed by atoms with Gasteiger partial charge in [-0.15, -0.1) is 0 Å². The van der Waals surface area contributed by atoms with Crippen LogP contribution in [0.5, 0.6) is 0 Å². The van der Waals surface area contributed by atoms with Crippen LogP contribution in [0.3, 0.4) is 0 Å². The normalized spacial score (nSPS) is 16.8. The monoisotopic (exact) mass is 430 g/mol. The Bertz CT molecular complexity index is 1170. The van der Waals surface area contributed by atoms with Crippen LogP contribution in [0, 0.1) is 12.7 Å². The first kappa shape index (κ1) is 21.5. The van der Waals surface area contributed by atoms with E-state index >= 15 is 0 Å². The molecule has 9 heteroatoms. The molecule has 0 spiro atoms. The molecule has 3 heterocycles. The Hall–Kier alpha value is -2.78. The fraction of sp³-hybridized carbons (Fsp3) is 0.500. The van der Waals surface area contributed by atoms with Crippen molar-refractivity contribution in [3.8, 4) is 0 Å². The van der Waals surface area contributed by atoms with Crippen molar-refractivity contribution in [2.45, 2.75) is 52.0 Å². The van der Waals surface area contributed by atoms with Crippen LogP contribution in [0.2, 0.25) is 0 Å². The number of nitrogens with zero attached hydrogens (tertiary/aromatic N) is 4. The second-order valence-corrected chi connectivity index (χ2v) is 7.86. The SMILES string of the molecule is Cc1nc2c(c(=O)n(CCCOC3CCCCO3)c(=O)n2C)n1Cc1ccc(F)cc1. The number of hydrogen-bond acceptors (Lipinski definition) is 5. The van der Waals surface area contributed by atoms with Gasteiger partial charge >= 0.3 is 5.69 Å². The molecule has 0 saturated carbocycles. The maximum Gasteiger partial charge on any atom is 0.332 e. The molecule has 0 aliphatic carbocycles. The van der Waals surface area contributed by atoms with E-state index in [4.69, 9.17) is 9.47 Å². The van der Waals surface area contributed by atoms with Gasteiger partial charge in [-0.25, -0.2) is 14.2 Å². The summed E-state index contributed by atoms with van der Waals surface area (Å²) >= 11 is 0. The number of aryl methyl sites for hydroxylation is 2. The summed E-state index contributed by atoms with van der Waals surface area (Å²) in [6.07, 6.45) is 3.33. The van der Waals surface area contributed by atoms with Crippen LogP contribution in [0.25, 0.3) is 11.2 Å². The zero-order valence-electron chi connectivity index (χ0n) is 17.8. The molecule has 1 atom stereocenters. The molecule has 1 aliphatic rings. The van der Waals surface area contributed by atoms with E-state index in [1.54, 1.807) is 30.7 Å². The highest BCUT2D eigenvalue weighted by Gasteiger charge is 2.19. The molecule has 1 aromatic carbocycles. The van der Waals surface area contributed by atoms with Crippen LogP contribution >= 0.6 is 0 Å². The predicted octanol–water partition coefficient (Wildman–Crippen LogP) is 2.33. The van der Waals surface area contributed by atoms with Crippen molar-refractivity contribution >= 4 is 11.2 Å². The maximum atomic E-state index is 13.2. The minimum Gasteiger partial charge on any atom is -0.353 e. The minimum absolute atomic E-state index is 0.199. The van der Waals surface area contributed by atoms with Gasteiger partial charge in [0.15, 0.2) is 17.5 Å². The number of aromatic nitrogens is 4. The zero-order chi connectivity index (χ0) is 22.0. The lowest BCUT2D eigenvalue weighted by Crippen LogP contribution is -2.40. The molecule has 8 nitrogen and oxygen atoms in total. The maximum absolute atomic E-state index is 13.2. The highest BCUT2D eigenvalue weighted by atomic mass is 19.1. The topological polar surface area (TPSA) is 80.3 Å². The van der Waals surface area contributed by atoms with E-state index in [2.05, 4.69) is 4.98 Å². The van der Waals surface area contributed by atoms with Gasteiger partial charge in [-0.1, -0.05) is 12.1 Å². The first-order valence-corrected chi connectivity index (χ1v) is 10.6. The molecule has 0 N–H and O–H groups in total. The highest BCUT2D eigenvalue weighted by molar-refractivity contribution is 5.71. The fourth-order valence-electron chi connectivity index (χ4n) is 3.92. The second-order valence-electron chi connectivity index (χ2n) is 7.86. The van der Waals surface area contributed by atoms with Gasteiger partial charge in [0.1, 0.15) is 11.6 Å². The molecule has 1 saturated heterocycles. The van der Waals surface area contributed by atoms with Gasteiger partial charge in [-0.05, 0) is 50.3 Å². The minimum atomic E-state index is -0.405. The first-order valence-electron chi connectivity index (χ1n) is 10.6. The molecule has 0 bridgehead atoms. The average molecular weight is 430 g/mol. The van der Waals surface area contributed by atoms with E-state index in [9.17, 15) is 14.0 Å². The number of imidazole rings is 1. The van der Waals surface area contributed by atoms with Crippen molar-refractivity contribution < 1.29 is 13.9 Å². The second kappa shape index (κ2) is 9.15. The fourth-order valence-corrected chi connectivity index (χ4v) is 3.92. The van der Waals surface area contributed by atoms with E-state index in [0.717, 1.165) is 24.8 Å². The van der Waals surface area contributed by atoms with Crippen molar-refractivity contribution in [3.63, 3.8) is 0 Å². The van der Waals surface area contributed by atoms with E-state index in [1.165, 1.54) is 21.3 Å². The summed E-state index contributed by atoms with van der Waals surface area (Å²) in [6.45, 7) is 3.51. The smallest absolute Gasteiger partial charge is 0.332 e. The summed E-state index contributed by atoms with van der Waals surface area (Å²) in [5.74, 6) is 0.295. The molecule has 1 aliphatic heterocycles. The zero-order valence-corrected chi connectivity index (χ0v) is 17.8. The third-order valence-corrected chi connectivity index (χ3v) is 5.64. The molecule has 166 valence electrons. The standard InChI is InChI=1S/C22H27FN4O4/c1-15-24-20-19(27(15)14-16-7-9-17(23)10-8-16)21(28)26(22(29)25(20)2)11-5-13-31-18-6-3-4-12-30-18/h7-10,18H,3-6,11-14H2,1-2H3. The molecule has 2 aromatic heterocycles. The number of ether oxygens (including phenoxy) is 2. The van der Waals surface area contributed by atoms with Gasteiger partial charge in [0.2, 0.25) is 0 Å². The summed E-state index contributed by atoms with van der Waals surface area (Å²) in [6, 6.07) is 6.11. The lowest BCUT2D eigenvalue weighted by Gasteiger charge is -2.22. The summed E-state index contributed by atoms with van der Waals surface area (Å²) in [5.41, 5.74) is 0.759. The number of rotatable bonds is 7. The highest BCUT2D eigenvalue weighted by Crippen LogP contribution is 2.15. The quantitative estimate of drug-likeness (QED) is 0.538. The van der Waals surface area contributed by atoms with Crippen molar-refractivity contribution in [1.82, 2.24) is 18.7 Å². The van der Waals surface area contributed by atoms with Gasteiger partial charge in [0.05, 0.1) is 6.61 Å². The molecule has 31 heavy (non-hydrogen) atoms. The van der Waals surface area contributed by atoms with Gasteiger partial charge in [0, 0.05) is 26.7 Å². The van der Waals surface area contributed by atoms with E-state index in [0.29, 0.717) is 43.2 Å². The van der Waals surface area contributed by atoms with Gasteiger partial charge < -0.3 is 14.0 Å². The van der Waals surface area contributed by atoms with Crippen LogP contribution in [0.4, 0.5) is 4.39 Å². The van der Waals surface area contributed by atoms with Crippen LogP contribution < -0.4 is 11.2 Å². The Labute approximate surface area is 178 Å². The van der Waals surface area contributed by atoms with Gasteiger partial charge in [0.25, 0.3) is 5.56 Å². The Morgan fingerprint density at radius 2 is 1.97 bits per heavy atom. The third-order valence-electron chi connectivity index (χ3n) is 5.64. The molecule has 3 aromatic rings. The molecule has 0 radical (unpaired) electrons. The predicted molar refractivity (Wildman–Crippen MR) is 114 cm³/mol. The number of benzene rings is 1. The number of halogens is 1. The summed E-state index contributed by atoms with van der Waals surface area (Å²) in [4.78, 5) is 30.5. The van der Waals surface area contributed by atoms with E-state index < -0.39 is 5.69 Å². The number of fused-ring (bicyclic) bond motifs is 1. The van der Waals surface area contributed by atoms with E-state index in [-0.39, 0.29) is 24.2 Å². The molecule has 0 amide bonds. The number of hydrogen-bond donors (Lipinski definition) is 0. The Morgan fingerprint density at radius 3 is 2.68 bits per heavy atom. The van der Waals surface area contributed by atoms with Crippen LogP contribution in [-0.4, -0.2) is 38.2 Å². The summed E-state index contributed by atoms with van der Waals surface area (Å²) < 4.78 is 28.9. The van der Waals surface area contributed by atoms with Crippen molar-refractivity contribution in [3.05, 3.63) is 62.3 Å². The van der Waals surface area contributed by atoms with Crippen LogP contribution in [0.15, 0.2) is 33.9 Å². The third kappa shape index (κ3) is 4.47. The van der Waals surface area contributed by atoms with Crippen LogP contribution in [-0.2, 0) is 29.6 Å². The Kier molecular flexibility index (Phi) is 6.33. The molecule has 1 fully saturated rings. The molecular weight excluding hydrogens is 403 g/mol. The molecular formula is C22H27FN4O4. The Morgan fingerprint density at radius 1 is 1.19 bits per heavy atom. The lowest BCUT2D eigenvalue weighted by molar-refractivity contribution is -0.163. The van der Waals surface area contributed by atoms with Crippen LogP contribution in [0.1, 0.15) is 37.1 Å². The summed E-state index contributed by atoms with van der Waals surface area (Å²) in [7, 11) is 1.61. The first-order chi connectivity index (χ1) is 15.0. The van der Waals surface area contributed by atoms with Gasteiger partial charge in [-0.3, -0.25) is 13.9 Å². The average Bonchev–Trinajstić information content (AvgIpc) is 3.10. The van der Waals surface area contributed by atoms with Crippen molar-refractivity contribution in [2.24, 2.45) is 7.05 Å². The summed E-state index contributed by atoms with van der Waals surface area (Å²) in [5, 5.41) is 0. The lowest BCUT2D eigenvalue weighted by atomic mass is 10.2. The van der Waals surface area contributed by atoms with Gasteiger partial charge in [-0.2, -0.15) is 0 Å². The van der Waals surface area contributed by atoms with Crippen molar-refractivity contribution in [1.29, 1.82) is 0 Å². The molecule has 4 rings (SSSR count).